The van der Waals surface area contributed by atoms with Gasteiger partial charge < -0.3 is 4.74 Å². The predicted octanol–water partition coefficient (Wildman–Crippen LogP) is 3.84. The maximum absolute atomic E-state index is 11.4. The van der Waals surface area contributed by atoms with Gasteiger partial charge in [0.05, 0.1) is 28.4 Å². The maximum atomic E-state index is 11.4. The molecule has 0 bridgehead atoms. The minimum atomic E-state index is -0.420. The molecule has 0 spiro atoms. The Labute approximate surface area is 114 Å². The quantitative estimate of drug-likeness (QED) is 0.785. The molecule has 0 N–H and O–H groups in total. The van der Waals surface area contributed by atoms with Gasteiger partial charge >= 0.3 is 5.97 Å². The normalized spacial score (nSPS) is 10.2. The van der Waals surface area contributed by atoms with Gasteiger partial charge in [-0.05, 0) is 18.2 Å². The lowest BCUT2D eigenvalue weighted by Crippen LogP contribution is -2.01. The largest absolute Gasteiger partial charge is 0.465 e. The molecule has 0 amide bonds. The summed E-state index contributed by atoms with van der Waals surface area (Å²) in [6.07, 6.45) is 1.53. The van der Waals surface area contributed by atoms with Crippen LogP contribution in [0, 0.1) is 0 Å². The third-order valence-electron chi connectivity index (χ3n) is 2.41. The van der Waals surface area contributed by atoms with Crippen molar-refractivity contribution in [1.82, 2.24) is 4.98 Å². The maximum Gasteiger partial charge on any atom is 0.337 e. The highest BCUT2D eigenvalue weighted by molar-refractivity contribution is 6.43. The second-order valence-corrected chi connectivity index (χ2v) is 4.31. The number of carbonyl (C=O) groups excluding carboxylic acids is 1. The zero-order chi connectivity index (χ0) is 13.1. The van der Waals surface area contributed by atoms with Gasteiger partial charge in [-0.25, -0.2) is 4.79 Å². The number of nitrogens with zero attached hydrogens (tertiary/aromatic N) is 1. The number of ether oxygens (including phenoxy) is 1. The van der Waals surface area contributed by atoms with Crippen LogP contribution in [0.1, 0.15) is 10.4 Å². The van der Waals surface area contributed by atoms with E-state index in [-0.39, 0.29) is 0 Å². The molecule has 0 unspecified atom stereocenters. The van der Waals surface area contributed by atoms with Crippen LogP contribution in [0.25, 0.3) is 11.3 Å². The van der Waals surface area contributed by atoms with E-state index in [0.717, 1.165) is 0 Å². The average molecular weight is 282 g/mol. The molecule has 0 aliphatic heterocycles. The fraction of sp³-hybridized carbons (Fsp3) is 0.0769. The third kappa shape index (κ3) is 2.47. The lowest BCUT2D eigenvalue weighted by Gasteiger charge is -2.06. The Hall–Kier alpha value is -1.58. The summed E-state index contributed by atoms with van der Waals surface area (Å²) in [5.41, 5.74) is 1.67. The first-order valence-corrected chi connectivity index (χ1v) is 5.88. The molecule has 0 atom stereocenters. The number of methoxy groups -OCH3 is 1. The summed E-state index contributed by atoms with van der Waals surface area (Å²) in [5, 5.41) is 0.855. The van der Waals surface area contributed by atoms with Crippen LogP contribution in [0.5, 0.6) is 0 Å². The highest BCUT2D eigenvalue weighted by Gasteiger charge is 2.11. The fourth-order valence-corrected chi connectivity index (χ4v) is 1.92. The number of pyridine rings is 1. The molecule has 1 aromatic heterocycles. The number of hydrogen-bond donors (Lipinski definition) is 0. The Kier molecular flexibility index (Phi) is 3.84. The summed E-state index contributed by atoms with van der Waals surface area (Å²) in [6, 6.07) is 8.45. The van der Waals surface area contributed by atoms with Crippen LogP contribution in [0.2, 0.25) is 10.0 Å². The molecule has 0 fully saturated rings. The topological polar surface area (TPSA) is 39.2 Å². The van der Waals surface area contributed by atoms with E-state index in [1.807, 2.05) is 0 Å². The molecule has 5 heteroatoms. The lowest BCUT2D eigenvalue weighted by atomic mass is 10.1. The molecule has 0 aliphatic rings. The van der Waals surface area contributed by atoms with Crippen molar-refractivity contribution in [3.8, 4) is 11.3 Å². The van der Waals surface area contributed by atoms with E-state index in [1.54, 1.807) is 30.3 Å². The van der Waals surface area contributed by atoms with Crippen LogP contribution in [0.4, 0.5) is 0 Å². The summed E-state index contributed by atoms with van der Waals surface area (Å²) < 4.78 is 4.66. The molecule has 0 saturated carbocycles. The van der Waals surface area contributed by atoms with Crippen molar-refractivity contribution in [2.45, 2.75) is 0 Å². The second-order valence-electron chi connectivity index (χ2n) is 3.52. The fourth-order valence-electron chi connectivity index (χ4n) is 1.52. The zero-order valence-electron chi connectivity index (χ0n) is 9.48. The first-order valence-electron chi connectivity index (χ1n) is 5.12. The van der Waals surface area contributed by atoms with E-state index in [0.29, 0.717) is 26.9 Å². The van der Waals surface area contributed by atoms with Crippen molar-refractivity contribution < 1.29 is 9.53 Å². The number of benzene rings is 1. The number of rotatable bonds is 2. The summed E-state index contributed by atoms with van der Waals surface area (Å²) >= 11 is 12.0. The molecule has 0 saturated heterocycles. The van der Waals surface area contributed by atoms with Gasteiger partial charge in [0, 0.05) is 11.8 Å². The van der Waals surface area contributed by atoms with Gasteiger partial charge in [0.1, 0.15) is 0 Å². The number of carbonyl (C=O) groups is 1. The Morgan fingerprint density at radius 1 is 1.28 bits per heavy atom. The summed E-state index contributed by atoms with van der Waals surface area (Å²) in [6.45, 7) is 0. The molecule has 1 heterocycles. The van der Waals surface area contributed by atoms with E-state index >= 15 is 0 Å². The summed E-state index contributed by atoms with van der Waals surface area (Å²) in [5.74, 6) is -0.420. The van der Waals surface area contributed by atoms with Crippen LogP contribution in [0.15, 0.2) is 36.5 Å². The number of hydrogen-bond acceptors (Lipinski definition) is 3. The Balaban J connectivity index is 2.51. The molecule has 18 heavy (non-hydrogen) atoms. The van der Waals surface area contributed by atoms with E-state index in [1.165, 1.54) is 13.3 Å². The summed E-state index contributed by atoms with van der Waals surface area (Å²) in [7, 11) is 1.33. The molecular formula is C13H9Cl2NO2. The molecule has 92 valence electrons. The van der Waals surface area contributed by atoms with E-state index in [4.69, 9.17) is 23.2 Å². The Morgan fingerprint density at radius 2 is 2.06 bits per heavy atom. The van der Waals surface area contributed by atoms with Crippen molar-refractivity contribution in [3.05, 3.63) is 52.1 Å². The first-order chi connectivity index (χ1) is 8.63. The summed E-state index contributed by atoms with van der Waals surface area (Å²) in [4.78, 5) is 15.6. The zero-order valence-corrected chi connectivity index (χ0v) is 11.0. The lowest BCUT2D eigenvalue weighted by molar-refractivity contribution is 0.0600. The molecule has 2 aromatic rings. The van der Waals surface area contributed by atoms with Gasteiger partial charge in [-0.15, -0.1) is 0 Å². The highest BCUT2D eigenvalue weighted by atomic mass is 35.5. The van der Waals surface area contributed by atoms with Gasteiger partial charge in [0.2, 0.25) is 0 Å². The van der Waals surface area contributed by atoms with Crippen LogP contribution in [-0.4, -0.2) is 18.1 Å². The van der Waals surface area contributed by atoms with Crippen molar-refractivity contribution in [2.75, 3.05) is 7.11 Å². The minimum absolute atomic E-state index is 0.411. The van der Waals surface area contributed by atoms with Crippen LogP contribution < -0.4 is 0 Å². The van der Waals surface area contributed by atoms with Crippen LogP contribution in [-0.2, 0) is 4.74 Å². The Morgan fingerprint density at radius 3 is 2.78 bits per heavy atom. The minimum Gasteiger partial charge on any atom is -0.465 e. The molecule has 0 aliphatic carbocycles. The van der Waals surface area contributed by atoms with Crippen LogP contribution in [0.3, 0.4) is 0 Å². The smallest absolute Gasteiger partial charge is 0.337 e. The van der Waals surface area contributed by atoms with Gasteiger partial charge in [-0.1, -0.05) is 35.3 Å². The molecule has 1 aromatic carbocycles. The van der Waals surface area contributed by atoms with Gasteiger partial charge in [-0.2, -0.15) is 0 Å². The predicted molar refractivity (Wildman–Crippen MR) is 71.0 cm³/mol. The monoisotopic (exact) mass is 281 g/mol. The van der Waals surface area contributed by atoms with Crippen LogP contribution >= 0.6 is 23.2 Å². The SMILES string of the molecule is COC(=O)c1ccnc(-c2cccc(Cl)c2Cl)c1. The molecule has 2 rings (SSSR count). The Bertz CT molecular complexity index is 599. The van der Waals surface area contributed by atoms with E-state index in [9.17, 15) is 4.79 Å². The first kappa shape index (κ1) is 12.9. The van der Waals surface area contributed by atoms with Gasteiger partial charge in [0.15, 0.2) is 0 Å². The molecule has 0 radical (unpaired) electrons. The van der Waals surface area contributed by atoms with Gasteiger partial charge in [-0.3, -0.25) is 4.98 Å². The highest BCUT2D eigenvalue weighted by Crippen LogP contribution is 2.32. The second kappa shape index (κ2) is 5.38. The molecule has 3 nitrogen and oxygen atoms in total. The van der Waals surface area contributed by atoms with Crippen molar-refractivity contribution >= 4 is 29.2 Å². The molecular weight excluding hydrogens is 273 g/mol. The standard InChI is InChI=1S/C13H9Cl2NO2/c1-18-13(17)8-5-6-16-11(7-8)9-3-2-4-10(14)12(9)15/h2-7H,1H3. The number of halogens is 2. The average Bonchev–Trinajstić information content (AvgIpc) is 2.41. The van der Waals surface area contributed by atoms with E-state index in [2.05, 4.69) is 9.72 Å². The van der Waals surface area contributed by atoms with Gasteiger partial charge in [0.25, 0.3) is 0 Å². The number of esters is 1. The van der Waals surface area contributed by atoms with Crippen molar-refractivity contribution in [3.63, 3.8) is 0 Å². The third-order valence-corrected chi connectivity index (χ3v) is 3.23. The number of aromatic nitrogens is 1. The van der Waals surface area contributed by atoms with Crippen molar-refractivity contribution in [2.24, 2.45) is 0 Å². The van der Waals surface area contributed by atoms with Crippen molar-refractivity contribution in [1.29, 1.82) is 0 Å². The van der Waals surface area contributed by atoms with E-state index < -0.39 is 5.97 Å².